The number of aromatic nitrogens is 1. The molecule has 0 saturated carbocycles. The Morgan fingerprint density at radius 1 is 1.40 bits per heavy atom. The molecule has 1 N–H and O–H groups in total. The zero-order chi connectivity index (χ0) is 14.4. The predicted molar refractivity (Wildman–Crippen MR) is 76.3 cm³/mol. The molecule has 7 heteroatoms. The molecule has 0 aromatic carbocycles. The average molecular weight is 342 g/mol. The lowest BCUT2D eigenvalue weighted by molar-refractivity contribution is -0.135. The number of hydrogen-bond donors (Lipinski definition) is 1. The lowest BCUT2D eigenvalue weighted by Gasteiger charge is -2.26. The minimum absolute atomic E-state index is 0.0406. The fourth-order valence-electron chi connectivity index (χ4n) is 1.90. The van der Waals surface area contributed by atoms with Gasteiger partial charge in [-0.05, 0) is 28.1 Å². The number of pyridine rings is 1. The van der Waals surface area contributed by atoms with Crippen LogP contribution in [0.25, 0.3) is 0 Å². The minimum Gasteiger partial charge on any atom is -0.378 e. The van der Waals surface area contributed by atoms with E-state index in [0.717, 1.165) is 0 Å². The van der Waals surface area contributed by atoms with Crippen molar-refractivity contribution in [3.63, 3.8) is 0 Å². The molecule has 2 amide bonds. The Kier molecular flexibility index (Phi) is 5.49. The van der Waals surface area contributed by atoms with Gasteiger partial charge in [-0.3, -0.25) is 9.59 Å². The fourth-order valence-corrected chi connectivity index (χ4v) is 2.33. The summed E-state index contributed by atoms with van der Waals surface area (Å²) < 4.78 is 5.69. The molecule has 0 unspecified atom stereocenters. The molecule has 0 spiro atoms. The van der Waals surface area contributed by atoms with Crippen molar-refractivity contribution in [2.24, 2.45) is 0 Å². The van der Waals surface area contributed by atoms with E-state index in [2.05, 4.69) is 26.2 Å². The Morgan fingerprint density at radius 3 is 2.85 bits per heavy atom. The molecule has 1 aliphatic rings. The quantitative estimate of drug-likeness (QED) is 0.823. The molecule has 0 atom stereocenters. The number of nitrogens with zero attached hydrogens (tertiary/aromatic N) is 2. The second-order valence-corrected chi connectivity index (χ2v) is 5.09. The Balaban J connectivity index is 1.76. The van der Waals surface area contributed by atoms with Gasteiger partial charge in [0.05, 0.1) is 18.8 Å². The number of nitrogens with one attached hydrogen (secondary N) is 1. The highest BCUT2D eigenvalue weighted by atomic mass is 79.9. The summed E-state index contributed by atoms with van der Waals surface area (Å²) in [6.45, 7) is 2.74. The maximum Gasteiger partial charge on any atom is 0.254 e. The van der Waals surface area contributed by atoms with Crippen molar-refractivity contribution in [1.82, 2.24) is 15.2 Å². The van der Waals surface area contributed by atoms with Crippen molar-refractivity contribution in [2.75, 3.05) is 32.8 Å². The van der Waals surface area contributed by atoms with Gasteiger partial charge in [-0.2, -0.15) is 0 Å². The zero-order valence-corrected chi connectivity index (χ0v) is 12.6. The summed E-state index contributed by atoms with van der Waals surface area (Å²) in [4.78, 5) is 29.5. The van der Waals surface area contributed by atoms with Crippen molar-refractivity contribution in [3.05, 3.63) is 28.5 Å². The monoisotopic (exact) mass is 341 g/mol. The minimum atomic E-state index is -0.236. The van der Waals surface area contributed by atoms with Crippen molar-refractivity contribution in [2.45, 2.75) is 6.42 Å². The van der Waals surface area contributed by atoms with Crippen molar-refractivity contribution >= 4 is 27.7 Å². The van der Waals surface area contributed by atoms with E-state index in [1.165, 1.54) is 0 Å². The first-order valence-corrected chi connectivity index (χ1v) is 7.22. The number of ether oxygens (including phenoxy) is 1. The van der Waals surface area contributed by atoms with E-state index >= 15 is 0 Å². The maximum absolute atomic E-state index is 11.9. The number of amides is 2. The second kappa shape index (κ2) is 7.35. The first-order chi connectivity index (χ1) is 9.68. The van der Waals surface area contributed by atoms with E-state index in [-0.39, 0.29) is 11.8 Å². The summed E-state index contributed by atoms with van der Waals surface area (Å²) in [5.74, 6) is -0.196. The molecule has 1 aromatic heterocycles. The molecule has 1 aliphatic heterocycles. The SMILES string of the molecule is O=C(NCCC(=O)N1CCOCC1)c1cccnc1Br. The van der Waals surface area contributed by atoms with Crippen LogP contribution < -0.4 is 5.32 Å². The van der Waals surface area contributed by atoms with Gasteiger partial charge in [0.15, 0.2) is 0 Å². The van der Waals surface area contributed by atoms with Gasteiger partial charge < -0.3 is 15.0 Å². The van der Waals surface area contributed by atoms with Crippen molar-refractivity contribution in [1.29, 1.82) is 0 Å². The highest BCUT2D eigenvalue weighted by molar-refractivity contribution is 9.10. The molecule has 1 saturated heterocycles. The smallest absolute Gasteiger partial charge is 0.254 e. The Hall–Kier alpha value is -1.47. The van der Waals surface area contributed by atoms with Gasteiger partial charge in [0.25, 0.3) is 5.91 Å². The van der Waals surface area contributed by atoms with Gasteiger partial charge >= 0.3 is 0 Å². The van der Waals surface area contributed by atoms with E-state index in [9.17, 15) is 9.59 Å². The zero-order valence-electron chi connectivity index (χ0n) is 11.0. The van der Waals surface area contributed by atoms with Gasteiger partial charge in [0, 0.05) is 32.3 Å². The topological polar surface area (TPSA) is 71.5 Å². The number of hydrogen-bond acceptors (Lipinski definition) is 4. The molecule has 2 rings (SSSR count). The number of carbonyl (C=O) groups is 2. The molecular weight excluding hydrogens is 326 g/mol. The van der Waals surface area contributed by atoms with Gasteiger partial charge in [0.1, 0.15) is 4.60 Å². The van der Waals surface area contributed by atoms with Crippen LogP contribution in [0.3, 0.4) is 0 Å². The summed E-state index contributed by atoms with van der Waals surface area (Å²) in [6, 6.07) is 3.37. The Labute approximate surface area is 125 Å². The molecule has 20 heavy (non-hydrogen) atoms. The fraction of sp³-hybridized carbons (Fsp3) is 0.462. The summed E-state index contributed by atoms with van der Waals surface area (Å²) in [5, 5.41) is 2.72. The van der Waals surface area contributed by atoms with Crippen LogP contribution in [0.5, 0.6) is 0 Å². The van der Waals surface area contributed by atoms with Crippen LogP contribution in [0, 0.1) is 0 Å². The molecule has 0 radical (unpaired) electrons. The van der Waals surface area contributed by atoms with Crippen LogP contribution in [-0.2, 0) is 9.53 Å². The van der Waals surface area contributed by atoms with Crippen LogP contribution in [0.15, 0.2) is 22.9 Å². The van der Waals surface area contributed by atoms with Gasteiger partial charge in [-0.15, -0.1) is 0 Å². The molecule has 6 nitrogen and oxygen atoms in total. The standard InChI is InChI=1S/C13H16BrN3O3/c14-12-10(2-1-4-15-12)13(19)16-5-3-11(18)17-6-8-20-9-7-17/h1-2,4H,3,5-9H2,(H,16,19). The number of halogens is 1. The van der Waals surface area contributed by atoms with Crippen molar-refractivity contribution < 1.29 is 14.3 Å². The predicted octanol–water partition coefficient (Wildman–Crippen LogP) is 0.823. The second-order valence-electron chi connectivity index (χ2n) is 4.34. The Bertz CT molecular complexity index is 490. The highest BCUT2D eigenvalue weighted by Gasteiger charge is 2.17. The summed E-state index contributed by atoms with van der Waals surface area (Å²) in [5.41, 5.74) is 0.464. The molecule has 0 aliphatic carbocycles. The molecule has 1 aromatic rings. The number of rotatable bonds is 4. The van der Waals surface area contributed by atoms with Crippen LogP contribution in [0.2, 0.25) is 0 Å². The third-order valence-electron chi connectivity index (χ3n) is 2.99. The molecule has 2 heterocycles. The molecular formula is C13H16BrN3O3. The first kappa shape index (κ1) is 14.9. The molecule has 0 bridgehead atoms. The lowest BCUT2D eigenvalue weighted by atomic mass is 10.2. The number of morpholine rings is 1. The number of carbonyl (C=O) groups excluding carboxylic acids is 2. The summed E-state index contributed by atoms with van der Waals surface area (Å²) in [7, 11) is 0. The van der Waals surface area contributed by atoms with Crippen molar-refractivity contribution in [3.8, 4) is 0 Å². The van der Waals surface area contributed by atoms with E-state index in [1.54, 1.807) is 23.2 Å². The molecule has 1 fully saturated rings. The maximum atomic E-state index is 11.9. The van der Waals surface area contributed by atoms with E-state index < -0.39 is 0 Å². The van der Waals surface area contributed by atoms with E-state index in [4.69, 9.17) is 4.74 Å². The summed E-state index contributed by atoms with van der Waals surface area (Å²) >= 11 is 3.22. The van der Waals surface area contributed by atoms with Gasteiger partial charge in [-0.1, -0.05) is 0 Å². The normalized spacial score (nSPS) is 14.9. The highest BCUT2D eigenvalue weighted by Crippen LogP contribution is 2.12. The van der Waals surface area contributed by atoms with Crippen LogP contribution in [0.4, 0.5) is 0 Å². The third-order valence-corrected chi connectivity index (χ3v) is 3.62. The lowest BCUT2D eigenvalue weighted by Crippen LogP contribution is -2.42. The van der Waals surface area contributed by atoms with Crippen LogP contribution in [0.1, 0.15) is 16.8 Å². The summed E-state index contributed by atoms with van der Waals surface area (Å²) in [6.07, 6.45) is 1.90. The van der Waals surface area contributed by atoms with E-state index in [1.807, 2.05) is 0 Å². The average Bonchev–Trinajstić information content (AvgIpc) is 2.48. The first-order valence-electron chi connectivity index (χ1n) is 6.42. The van der Waals surface area contributed by atoms with Gasteiger partial charge in [0.2, 0.25) is 5.91 Å². The van der Waals surface area contributed by atoms with E-state index in [0.29, 0.717) is 49.4 Å². The molecule has 108 valence electrons. The van der Waals surface area contributed by atoms with Crippen LogP contribution >= 0.6 is 15.9 Å². The Morgan fingerprint density at radius 2 is 2.15 bits per heavy atom. The third kappa shape index (κ3) is 4.01. The van der Waals surface area contributed by atoms with Crippen LogP contribution in [-0.4, -0.2) is 54.5 Å². The van der Waals surface area contributed by atoms with Gasteiger partial charge in [-0.25, -0.2) is 4.98 Å². The largest absolute Gasteiger partial charge is 0.378 e.